The van der Waals surface area contributed by atoms with Crippen molar-refractivity contribution in [1.29, 1.82) is 0 Å². The van der Waals surface area contributed by atoms with Gasteiger partial charge in [0.2, 0.25) is 0 Å². The molecule has 0 heterocycles. The Morgan fingerprint density at radius 2 is 2.12 bits per heavy atom. The fraction of sp³-hybridized carbons (Fsp3) is 0.600. The highest BCUT2D eigenvalue weighted by molar-refractivity contribution is 5.31. The van der Waals surface area contributed by atoms with Crippen LogP contribution in [-0.2, 0) is 0 Å². The van der Waals surface area contributed by atoms with Gasteiger partial charge in [-0.05, 0) is 49.4 Å². The number of ether oxygens (including phenoxy) is 1. The first-order valence-corrected chi connectivity index (χ1v) is 6.60. The summed E-state index contributed by atoms with van der Waals surface area (Å²) in [5.41, 5.74) is 1.32. The third kappa shape index (κ3) is 3.47. The first kappa shape index (κ1) is 12.4. The van der Waals surface area contributed by atoms with E-state index in [9.17, 15) is 0 Å². The van der Waals surface area contributed by atoms with Gasteiger partial charge in [-0.3, -0.25) is 0 Å². The Kier molecular flexibility index (Phi) is 4.06. The predicted octanol–water partition coefficient (Wildman–Crippen LogP) is 3.39. The molecule has 17 heavy (non-hydrogen) atoms. The van der Waals surface area contributed by atoms with E-state index >= 15 is 0 Å². The van der Waals surface area contributed by atoms with E-state index < -0.39 is 0 Å². The van der Waals surface area contributed by atoms with Crippen molar-refractivity contribution >= 4 is 0 Å². The second kappa shape index (κ2) is 5.54. The van der Waals surface area contributed by atoms with Crippen LogP contribution >= 0.6 is 0 Å². The second-order valence-corrected chi connectivity index (χ2v) is 5.34. The van der Waals surface area contributed by atoms with E-state index in [1.165, 1.54) is 18.4 Å². The van der Waals surface area contributed by atoms with Crippen LogP contribution in [0.3, 0.4) is 0 Å². The lowest BCUT2D eigenvalue weighted by atomic mass is 9.96. The largest absolute Gasteiger partial charge is 0.493 e. The molecule has 2 heteroatoms. The monoisotopic (exact) mass is 233 g/mol. The van der Waals surface area contributed by atoms with Gasteiger partial charge in [0, 0.05) is 6.04 Å². The molecule has 0 amide bonds. The number of benzene rings is 1. The summed E-state index contributed by atoms with van der Waals surface area (Å²) in [7, 11) is 2.02. The molecule has 1 N–H and O–H groups in total. The van der Waals surface area contributed by atoms with Gasteiger partial charge in [-0.2, -0.15) is 0 Å². The molecule has 0 radical (unpaired) electrons. The highest BCUT2D eigenvalue weighted by atomic mass is 16.5. The molecule has 2 rings (SSSR count). The van der Waals surface area contributed by atoms with Crippen molar-refractivity contribution in [3.63, 3.8) is 0 Å². The van der Waals surface area contributed by atoms with Crippen LogP contribution in [0.2, 0.25) is 0 Å². The van der Waals surface area contributed by atoms with Crippen molar-refractivity contribution in [2.45, 2.75) is 32.7 Å². The van der Waals surface area contributed by atoms with Crippen molar-refractivity contribution in [2.24, 2.45) is 11.8 Å². The molecular weight excluding hydrogens is 210 g/mol. The molecule has 1 atom stereocenters. The maximum absolute atomic E-state index is 5.82. The van der Waals surface area contributed by atoms with Gasteiger partial charge in [-0.15, -0.1) is 0 Å². The number of hydrogen-bond donors (Lipinski definition) is 1. The van der Waals surface area contributed by atoms with Crippen LogP contribution in [0.4, 0.5) is 0 Å². The van der Waals surface area contributed by atoms with Crippen molar-refractivity contribution in [1.82, 2.24) is 5.32 Å². The lowest BCUT2D eigenvalue weighted by molar-refractivity contribution is 0.299. The van der Waals surface area contributed by atoms with E-state index in [1.807, 2.05) is 7.05 Å². The molecule has 0 spiro atoms. The summed E-state index contributed by atoms with van der Waals surface area (Å²) in [5.74, 6) is 2.40. The van der Waals surface area contributed by atoms with Crippen molar-refractivity contribution < 1.29 is 4.74 Å². The molecule has 1 unspecified atom stereocenters. The van der Waals surface area contributed by atoms with Gasteiger partial charge in [0.25, 0.3) is 0 Å². The third-order valence-corrected chi connectivity index (χ3v) is 3.38. The molecule has 2 nitrogen and oxygen atoms in total. The van der Waals surface area contributed by atoms with Crippen molar-refractivity contribution in [3.8, 4) is 5.75 Å². The summed E-state index contributed by atoms with van der Waals surface area (Å²) in [6, 6.07) is 8.89. The van der Waals surface area contributed by atoms with E-state index in [1.54, 1.807) is 0 Å². The van der Waals surface area contributed by atoms with Crippen LogP contribution in [-0.4, -0.2) is 13.7 Å². The highest BCUT2D eigenvalue weighted by Gasteiger charge is 2.22. The molecule has 94 valence electrons. The van der Waals surface area contributed by atoms with E-state index in [4.69, 9.17) is 4.74 Å². The molecular formula is C15H23NO. The molecule has 1 aromatic rings. The van der Waals surface area contributed by atoms with Gasteiger partial charge in [-0.25, -0.2) is 0 Å². The third-order valence-electron chi connectivity index (χ3n) is 3.38. The van der Waals surface area contributed by atoms with Crippen LogP contribution in [0.15, 0.2) is 24.3 Å². The first-order chi connectivity index (χ1) is 8.20. The minimum absolute atomic E-state index is 0.402. The van der Waals surface area contributed by atoms with E-state index in [2.05, 4.69) is 43.4 Å². The van der Waals surface area contributed by atoms with Crippen molar-refractivity contribution in [2.75, 3.05) is 13.7 Å². The zero-order valence-electron chi connectivity index (χ0n) is 11.1. The van der Waals surface area contributed by atoms with Gasteiger partial charge < -0.3 is 10.1 Å². The first-order valence-electron chi connectivity index (χ1n) is 6.60. The molecule has 0 aliphatic heterocycles. The molecule has 1 saturated carbocycles. The summed E-state index contributed by atoms with van der Waals surface area (Å²) in [5, 5.41) is 3.37. The average Bonchev–Trinajstić information content (AvgIpc) is 3.11. The molecule has 0 bridgehead atoms. The van der Waals surface area contributed by atoms with Gasteiger partial charge in [0.15, 0.2) is 0 Å². The molecule has 1 aromatic carbocycles. The summed E-state index contributed by atoms with van der Waals surface area (Å²) < 4.78 is 5.82. The van der Waals surface area contributed by atoms with Gasteiger partial charge in [0.05, 0.1) is 6.61 Å². The summed E-state index contributed by atoms with van der Waals surface area (Å²) in [6.45, 7) is 5.35. The zero-order valence-corrected chi connectivity index (χ0v) is 11.1. The normalized spacial score (nSPS) is 17.2. The molecule has 0 aromatic heterocycles. The summed E-state index contributed by atoms with van der Waals surface area (Å²) >= 11 is 0. The van der Waals surface area contributed by atoms with Crippen LogP contribution < -0.4 is 10.1 Å². The van der Waals surface area contributed by atoms with Crippen molar-refractivity contribution in [3.05, 3.63) is 29.8 Å². The van der Waals surface area contributed by atoms with Gasteiger partial charge >= 0.3 is 0 Å². The Balaban J connectivity index is 2.03. The van der Waals surface area contributed by atoms with Crippen LogP contribution in [0.25, 0.3) is 0 Å². The fourth-order valence-electron chi connectivity index (χ4n) is 2.18. The highest BCUT2D eigenvalue weighted by Crippen LogP contribution is 2.30. The van der Waals surface area contributed by atoms with E-state index in [0.717, 1.165) is 18.3 Å². The van der Waals surface area contributed by atoms with Crippen LogP contribution in [0.1, 0.15) is 38.3 Å². The summed E-state index contributed by atoms with van der Waals surface area (Å²) in [6.07, 6.45) is 2.68. The lowest BCUT2D eigenvalue weighted by Gasteiger charge is -2.21. The topological polar surface area (TPSA) is 21.3 Å². The van der Waals surface area contributed by atoms with E-state index in [0.29, 0.717) is 12.0 Å². The smallest absolute Gasteiger partial charge is 0.119 e. The minimum atomic E-state index is 0.402. The Labute approximate surface area is 104 Å². The van der Waals surface area contributed by atoms with E-state index in [-0.39, 0.29) is 0 Å². The molecule has 1 fully saturated rings. The Morgan fingerprint density at radius 3 is 2.71 bits per heavy atom. The standard InChI is InChI=1S/C15H23NO/c1-11(2)15(16-3)13-5-4-6-14(9-13)17-10-12-7-8-12/h4-6,9,11-12,15-16H,7-8,10H2,1-3H3. The number of hydrogen-bond acceptors (Lipinski definition) is 2. The van der Waals surface area contributed by atoms with Crippen LogP contribution in [0.5, 0.6) is 5.75 Å². The Hall–Kier alpha value is -1.02. The lowest BCUT2D eigenvalue weighted by Crippen LogP contribution is -2.21. The minimum Gasteiger partial charge on any atom is -0.493 e. The SMILES string of the molecule is CNC(c1cccc(OCC2CC2)c1)C(C)C. The zero-order chi connectivity index (χ0) is 12.3. The molecule has 1 aliphatic carbocycles. The second-order valence-electron chi connectivity index (χ2n) is 5.34. The number of rotatable bonds is 6. The Bertz CT molecular complexity index is 358. The predicted molar refractivity (Wildman–Crippen MR) is 71.3 cm³/mol. The average molecular weight is 233 g/mol. The maximum Gasteiger partial charge on any atom is 0.119 e. The Morgan fingerprint density at radius 1 is 1.35 bits per heavy atom. The van der Waals surface area contributed by atoms with Gasteiger partial charge in [0.1, 0.15) is 5.75 Å². The van der Waals surface area contributed by atoms with Gasteiger partial charge in [-0.1, -0.05) is 26.0 Å². The van der Waals surface area contributed by atoms with Crippen LogP contribution in [0, 0.1) is 11.8 Å². The fourth-order valence-corrected chi connectivity index (χ4v) is 2.18. The summed E-state index contributed by atoms with van der Waals surface area (Å²) in [4.78, 5) is 0. The molecule has 1 aliphatic rings. The maximum atomic E-state index is 5.82. The quantitative estimate of drug-likeness (QED) is 0.813. The molecule has 0 saturated heterocycles. The number of nitrogens with one attached hydrogen (secondary N) is 1.